The van der Waals surface area contributed by atoms with E-state index in [4.69, 9.17) is 18.9 Å². The van der Waals surface area contributed by atoms with Crippen molar-refractivity contribution in [1.29, 1.82) is 0 Å². The smallest absolute Gasteiger partial charge is 0.341 e. The zero-order valence-corrected chi connectivity index (χ0v) is 28.1. The molecule has 9 heteroatoms. The lowest BCUT2D eigenvalue weighted by Crippen LogP contribution is -2.66. The van der Waals surface area contributed by atoms with Gasteiger partial charge in [0.1, 0.15) is 18.3 Å². The van der Waals surface area contributed by atoms with Gasteiger partial charge < -0.3 is 29.2 Å². The topological polar surface area (TPSA) is 132 Å². The summed E-state index contributed by atoms with van der Waals surface area (Å²) in [4.78, 5) is 39.3. The fraction of sp³-hybridized carbons (Fsp3) is 0.917. The van der Waals surface area contributed by atoms with Gasteiger partial charge in [-0.05, 0) is 105 Å². The van der Waals surface area contributed by atoms with Gasteiger partial charge in [0.15, 0.2) is 5.60 Å². The van der Waals surface area contributed by atoms with Gasteiger partial charge in [-0.25, -0.2) is 4.79 Å². The van der Waals surface area contributed by atoms with Crippen LogP contribution in [0, 0.1) is 75.4 Å². The van der Waals surface area contributed by atoms with Crippen molar-refractivity contribution in [2.45, 2.75) is 130 Å². The van der Waals surface area contributed by atoms with Gasteiger partial charge in [-0.3, -0.25) is 9.59 Å². The molecule has 9 nitrogen and oxygen atoms in total. The second-order valence-corrected chi connectivity index (χ2v) is 17.9. The van der Waals surface area contributed by atoms with Crippen LogP contribution in [0.25, 0.3) is 0 Å². The summed E-state index contributed by atoms with van der Waals surface area (Å²) >= 11 is 0. The molecule has 0 bridgehead atoms. The van der Waals surface area contributed by atoms with Crippen LogP contribution >= 0.6 is 0 Å². The van der Waals surface area contributed by atoms with Crippen molar-refractivity contribution >= 4 is 17.9 Å². The second kappa shape index (κ2) is 9.04. The van der Waals surface area contributed by atoms with Gasteiger partial charge >= 0.3 is 17.9 Å². The lowest BCUT2D eigenvalue weighted by atomic mass is 9.42. The first-order valence-corrected chi connectivity index (χ1v) is 17.6. The number of hydrogen-bond acceptors (Lipinski definition) is 9. The van der Waals surface area contributed by atoms with Crippen LogP contribution < -0.4 is 0 Å². The molecular weight excluding hydrogens is 576 g/mol. The van der Waals surface area contributed by atoms with E-state index in [1.807, 2.05) is 20.8 Å². The number of hydrogen-bond donors (Lipinski definition) is 2. The Labute approximate surface area is 266 Å². The van der Waals surface area contributed by atoms with Crippen LogP contribution in [0.1, 0.15) is 93.9 Å². The molecule has 8 aliphatic rings. The number of aliphatic hydroxyl groups excluding tert-OH is 1. The average Bonchev–Trinajstić information content (AvgIpc) is 3.82. The van der Waals surface area contributed by atoms with E-state index >= 15 is 0 Å². The third-order valence-electron chi connectivity index (χ3n) is 15.7. The van der Waals surface area contributed by atoms with Gasteiger partial charge in [-0.2, -0.15) is 0 Å². The Balaban J connectivity index is 1.24. The lowest BCUT2D eigenvalue weighted by molar-refractivity contribution is -0.240. The quantitative estimate of drug-likeness (QED) is 0.266. The lowest BCUT2D eigenvalue weighted by Gasteiger charge is -2.64. The minimum atomic E-state index is -1.74. The Morgan fingerprint density at radius 1 is 0.978 bits per heavy atom. The summed E-state index contributed by atoms with van der Waals surface area (Å²) in [6, 6.07) is 0. The van der Waals surface area contributed by atoms with Crippen molar-refractivity contribution in [2.24, 2.45) is 75.4 Å². The fourth-order valence-electron chi connectivity index (χ4n) is 13.5. The number of esters is 3. The van der Waals surface area contributed by atoms with Crippen LogP contribution in [0.2, 0.25) is 0 Å². The zero-order chi connectivity index (χ0) is 32.4. The van der Waals surface area contributed by atoms with Gasteiger partial charge in [0.05, 0.1) is 11.5 Å². The first-order valence-electron chi connectivity index (χ1n) is 17.6. The molecule has 0 radical (unpaired) electrons. The second-order valence-electron chi connectivity index (χ2n) is 17.9. The summed E-state index contributed by atoms with van der Waals surface area (Å²) < 4.78 is 25.0. The highest BCUT2D eigenvalue weighted by atomic mass is 16.8. The van der Waals surface area contributed by atoms with Gasteiger partial charge in [-0.1, -0.05) is 34.6 Å². The van der Waals surface area contributed by atoms with E-state index in [1.165, 1.54) is 6.92 Å². The average molecular weight is 629 g/mol. The Morgan fingerprint density at radius 2 is 1.67 bits per heavy atom. The number of ether oxygens (including phenoxy) is 4. The molecule has 2 aliphatic heterocycles. The number of rotatable bonds is 4. The molecule has 8 fully saturated rings. The molecule has 0 aromatic carbocycles. The maximum absolute atomic E-state index is 13.2. The highest BCUT2D eigenvalue weighted by Gasteiger charge is 2.91. The molecule has 18 atom stereocenters. The molecule has 0 aromatic heterocycles. The van der Waals surface area contributed by atoms with Crippen molar-refractivity contribution in [1.82, 2.24) is 0 Å². The summed E-state index contributed by atoms with van der Waals surface area (Å²) in [5.41, 5.74) is -3.62. The summed E-state index contributed by atoms with van der Waals surface area (Å²) in [6.07, 6.45) is 2.85. The molecule has 6 aliphatic carbocycles. The van der Waals surface area contributed by atoms with Crippen molar-refractivity contribution in [3.05, 3.63) is 0 Å². The van der Waals surface area contributed by atoms with Crippen molar-refractivity contribution in [3.8, 4) is 0 Å². The number of carbonyl (C=O) groups is 3. The molecule has 0 aromatic rings. The highest BCUT2D eigenvalue weighted by Crippen LogP contribution is 2.81. The summed E-state index contributed by atoms with van der Waals surface area (Å²) in [7, 11) is 0. The van der Waals surface area contributed by atoms with Gasteiger partial charge in [-0.15, -0.1) is 0 Å². The third kappa shape index (κ3) is 3.49. The minimum absolute atomic E-state index is 0.00917. The Morgan fingerprint density at radius 3 is 2.33 bits per heavy atom. The first kappa shape index (κ1) is 30.6. The number of aliphatic hydroxyl groups is 2. The minimum Gasteiger partial charge on any atom is -0.462 e. The summed E-state index contributed by atoms with van der Waals surface area (Å²) in [5.74, 6) is -1.33. The normalized spacial score (nSPS) is 59.7. The Hall–Kier alpha value is -1.71. The molecule has 8 rings (SSSR count). The van der Waals surface area contributed by atoms with E-state index in [1.54, 1.807) is 6.92 Å². The molecule has 1 spiro atoms. The third-order valence-corrected chi connectivity index (χ3v) is 15.7. The number of epoxide rings is 1. The standard InChI is InChI=1S/C36H52O9/c1-15(2)9-26(39)43-30-20-11-18(20)10-19-12-24(38)27-21-13-23-28(33(21,6)25(42-17(4)37)14-22(27)32(19,30)5)16(3)29-36(44-29)34(23,7)35(8,41)31(40)45-36/h15-16,18-25,27-30,38,41H,9-14H2,1-8H3/t16-,18?,19+,20-,21-,22?,23+,24-,25-,27?,28-,29+,30-,32-,33+,34-,35+,36-/m0/s1. The number of carbonyl (C=O) groups excluding carboxylic acids is 3. The van der Waals surface area contributed by atoms with E-state index in [9.17, 15) is 24.6 Å². The van der Waals surface area contributed by atoms with E-state index in [0.29, 0.717) is 37.5 Å². The molecule has 2 saturated heterocycles. The van der Waals surface area contributed by atoms with Crippen LogP contribution in [0.5, 0.6) is 0 Å². The van der Waals surface area contributed by atoms with Crippen LogP contribution in [0.15, 0.2) is 0 Å². The van der Waals surface area contributed by atoms with Gasteiger partial charge in [0.2, 0.25) is 5.79 Å². The summed E-state index contributed by atoms with van der Waals surface area (Å²) in [6.45, 7) is 15.7. The molecule has 45 heavy (non-hydrogen) atoms. The van der Waals surface area contributed by atoms with Crippen molar-refractivity contribution in [2.75, 3.05) is 0 Å². The predicted molar refractivity (Wildman–Crippen MR) is 160 cm³/mol. The Kier molecular flexibility index (Phi) is 6.15. The number of fused-ring (bicyclic) bond motifs is 9. The van der Waals surface area contributed by atoms with Crippen molar-refractivity contribution in [3.63, 3.8) is 0 Å². The molecular formula is C36H52O9. The van der Waals surface area contributed by atoms with Crippen LogP contribution in [-0.4, -0.2) is 63.9 Å². The van der Waals surface area contributed by atoms with Gasteiger partial charge in [0, 0.05) is 24.2 Å². The van der Waals surface area contributed by atoms with E-state index in [0.717, 1.165) is 12.8 Å². The van der Waals surface area contributed by atoms with Crippen LogP contribution in [0.3, 0.4) is 0 Å². The first-order chi connectivity index (χ1) is 20.9. The fourth-order valence-corrected chi connectivity index (χ4v) is 13.5. The van der Waals surface area contributed by atoms with Crippen molar-refractivity contribution < 1.29 is 43.5 Å². The van der Waals surface area contributed by atoms with E-state index in [-0.39, 0.29) is 76.9 Å². The molecule has 3 unspecified atom stereocenters. The Bertz CT molecular complexity index is 1340. The SMILES string of the molecule is CC(=O)O[C@H]1CC2C([C@@H](O)C[C@H]3CC4C[C@@H]4[C@H](OC(=O)CC(C)C)[C@]23C)[C@@H]2C[C@@H]3[C@H]([C@H](C)[C@H]4O[C@]45OC(=O)[C@@](C)(O)[C@]35C)[C@@]12C. The van der Waals surface area contributed by atoms with E-state index in [2.05, 4.69) is 20.8 Å². The zero-order valence-electron chi connectivity index (χ0n) is 28.1. The molecule has 2 N–H and O–H groups in total. The maximum atomic E-state index is 13.2. The maximum Gasteiger partial charge on any atom is 0.341 e. The van der Waals surface area contributed by atoms with Gasteiger partial charge in [0.25, 0.3) is 0 Å². The molecule has 250 valence electrons. The highest BCUT2D eigenvalue weighted by molar-refractivity contribution is 5.84. The molecule has 0 amide bonds. The molecule has 6 saturated carbocycles. The largest absolute Gasteiger partial charge is 0.462 e. The monoisotopic (exact) mass is 628 g/mol. The van der Waals surface area contributed by atoms with Crippen LogP contribution in [-0.2, 0) is 33.3 Å². The van der Waals surface area contributed by atoms with E-state index < -0.39 is 40.4 Å². The predicted octanol–water partition coefficient (Wildman–Crippen LogP) is 4.26. The van der Waals surface area contributed by atoms with Crippen LogP contribution in [0.4, 0.5) is 0 Å². The molecule has 2 heterocycles. The summed E-state index contributed by atoms with van der Waals surface area (Å²) in [5, 5.41) is 24.0.